The monoisotopic (exact) mass is 393 g/mol. The predicted molar refractivity (Wildman–Crippen MR) is 96.4 cm³/mol. The van der Waals surface area contributed by atoms with Crippen LogP contribution in [0.1, 0.15) is 23.1 Å². The van der Waals surface area contributed by atoms with E-state index in [2.05, 4.69) is 4.98 Å². The molecule has 0 N–H and O–H groups in total. The summed E-state index contributed by atoms with van der Waals surface area (Å²) in [6.45, 7) is 2.18. The summed E-state index contributed by atoms with van der Waals surface area (Å²) in [6.07, 6.45) is 2.20. The van der Waals surface area contributed by atoms with E-state index in [9.17, 15) is 17.6 Å². The van der Waals surface area contributed by atoms with Crippen molar-refractivity contribution >= 4 is 27.0 Å². The van der Waals surface area contributed by atoms with Crippen molar-refractivity contribution in [3.63, 3.8) is 0 Å². The van der Waals surface area contributed by atoms with Gasteiger partial charge in [0.1, 0.15) is 15.7 Å². The van der Waals surface area contributed by atoms with Gasteiger partial charge in [0, 0.05) is 30.6 Å². The number of rotatable bonds is 3. The summed E-state index contributed by atoms with van der Waals surface area (Å²) in [5, 5.41) is 0. The number of hydrogen-bond acceptors (Lipinski definition) is 5. The van der Waals surface area contributed by atoms with E-state index in [0.29, 0.717) is 23.3 Å². The molecule has 0 fully saturated rings. The third-order valence-corrected chi connectivity index (χ3v) is 8.02. The maximum atomic E-state index is 13.5. The molecule has 0 bridgehead atoms. The molecule has 1 aliphatic rings. The highest BCUT2D eigenvalue weighted by Gasteiger charge is 2.31. The number of aryl methyl sites for hydroxylation is 1. The van der Waals surface area contributed by atoms with Crippen molar-refractivity contribution in [2.75, 3.05) is 6.54 Å². The van der Waals surface area contributed by atoms with Crippen molar-refractivity contribution in [1.29, 1.82) is 0 Å². The third kappa shape index (κ3) is 2.76. The summed E-state index contributed by atoms with van der Waals surface area (Å²) in [5.74, 6) is -0.549. The maximum absolute atomic E-state index is 13.5. The first kappa shape index (κ1) is 17.3. The van der Waals surface area contributed by atoms with Gasteiger partial charge in [-0.25, -0.2) is 17.8 Å². The minimum Gasteiger partial charge on any atom is -0.269 e. The van der Waals surface area contributed by atoms with Gasteiger partial charge in [0.05, 0.1) is 11.3 Å². The van der Waals surface area contributed by atoms with E-state index >= 15 is 0 Å². The summed E-state index contributed by atoms with van der Waals surface area (Å²) in [4.78, 5) is 18.1. The van der Waals surface area contributed by atoms with Crippen molar-refractivity contribution in [1.82, 2.24) is 13.7 Å². The lowest BCUT2D eigenvalue weighted by atomic mass is 10.1. The zero-order valence-corrected chi connectivity index (χ0v) is 15.6. The molecule has 0 aromatic carbocycles. The molecule has 9 heteroatoms. The normalized spacial score (nSPS) is 15.3. The zero-order valence-electron chi connectivity index (χ0n) is 14.0. The Balaban J connectivity index is 1.76. The van der Waals surface area contributed by atoms with Crippen molar-refractivity contribution in [3.8, 4) is 0 Å². The van der Waals surface area contributed by atoms with Gasteiger partial charge in [-0.1, -0.05) is 6.92 Å². The molecule has 26 heavy (non-hydrogen) atoms. The molecular weight excluding hydrogens is 377 g/mol. The summed E-state index contributed by atoms with van der Waals surface area (Å²) in [5.41, 5.74) is 0.811. The second kappa shape index (κ2) is 6.26. The molecule has 4 rings (SSSR count). The SMILES string of the molecule is CCc1ccc(S(=O)(=O)N2CCc3nc4ccc(F)cn4c(=O)c3C2)s1. The summed E-state index contributed by atoms with van der Waals surface area (Å²) >= 11 is 1.25. The van der Waals surface area contributed by atoms with Crippen LogP contribution in [0.5, 0.6) is 0 Å². The Morgan fingerprint density at radius 1 is 1.27 bits per heavy atom. The molecule has 0 radical (unpaired) electrons. The molecule has 4 heterocycles. The van der Waals surface area contributed by atoms with E-state index < -0.39 is 21.4 Å². The minimum atomic E-state index is -3.67. The minimum absolute atomic E-state index is 0.0533. The Morgan fingerprint density at radius 3 is 2.81 bits per heavy atom. The first-order chi connectivity index (χ1) is 12.4. The second-order valence-electron chi connectivity index (χ2n) is 6.08. The van der Waals surface area contributed by atoms with Crippen LogP contribution in [-0.2, 0) is 29.4 Å². The van der Waals surface area contributed by atoms with Gasteiger partial charge in [-0.3, -0.25) is 9.20 Å². The Kier molecular flexibility index (Phi) is 4.17. The average molecular weight is 393 g/mol. The van der Waals surface area contributed by atoms with Crippen LogP contribution in [0.3, 0.4) is 0 Å². The van der Waals surface area contributed by atoms with Crippen LogP contribution in [0.4, 0.5) is 4.39 Å². The van der Waals surface area contributed by atoms with E-state index in [1.54, 1.807) is 6.07 Å². The van der Waals surface area contributed by atoms with Crippen LogP contribution < -0.4 is 5.56 Å². The van der Waals surface area contributed by atoms with Crippen molar-refractivity contribution in [2.24, 2.45) is 0 Å². The quantitative estimate of drug-likeness (QED) is 0.684. The Bertz CT molecular complexity index is 1170. The van der Waals surface area contributed by atoms with Gasteiger partial charge in [0.25, 0.3) is 15.6 Å². The van der Waals surface area contributed by atoms with Crippen LogP contribution in [0.2, 0.25) is 0 Å². The summed E-state index contributed by atoms with van der Waals surface area (Å²) < 4.78 is 42.0. The number of nitrogens with zero attached hydrogens (tertiary/aromatic N) is 3. The van der Waals surface area contributed by atoms with Crippen LogP contribution >= 0.6 is 11.3 Å². The summed E-state index contributed by atoms with van der Waals surface area (Å²) in [6, 6.07) is 6.10. The number of aromatic nitrogens is 2. The van der Waals surface area contributed by atoms with E-state index in [0.717, 1.165) is 21.9 Å². The van der Waals surface area contributed by atoms with Gasteiger partial charge in [-0.15, -0.1) is 11.3 Å². The topological polar surface area (TPSA) is 71.8 Å². The molecule has 6 nitrogen and oxygen atoms in total. The molecule has 0 aliphatic carbocycles. The van der Waals surface area contributed by atoms with Crippen molar-refractivity contribution in [3.05, 3.63) is 62.8 Å². The average Bonchev–Trinajstić information content (AvgIpc) is 3.12. The Labute approximate surface area is 153 Å². The van der Waals surface area contributed by atoms with Crippen molar-refractivity contribution < 1.29 is 12.8 Å². The fraction of sp³-hybridized carbons (Fsp3) is 0.294. The molecule has 0 saturated heterocycles. The third-order valence-electron chi connectivity index (χ3n) is 4.48. The van der Waals surface area contributed by atoms with Gasteiger partial charge in [-0.2, -0.15) is 4.31 Å². The molecule has 0 spiro atoms. The lowest BCUT2D eigenvalue weighted by molar-refractivity contribution is 0.386. The van der Waals surface area contributed by atoms with Gasteiger partial charge in [-0.05, 0) is 30.7 Å². The molecule has 1 aliphatic heterocycles. The molecule has 136 valence electrons. The number of sulfonamides is 1. The molecule has 0 atom stereocenters. The number of hydrogen-bond donors (Lipinski definition) is 0. The van der Waals surface area contributed by atoms with Crippen LogP contribution in [-0.4, -0.2) is 28.7 Å². The zero-order chi connectivity index (χ0) is 18.5. The Hall–Kier alpha value is -2.10. The molecule has 0 amide bonds. The lowest BCUT2D eigenvalue weighted by Gasteiger charge is -2.26. The number of thiophene rings is 1. The smallest absolute Gasteiger partial charge is 0.262 e. The summed E-state index contributed by atoms with van der Waals surface area (Å²) in [7, 11) is -3.67. The molecule has 0 unspecified atom stereocenters. The number of halogens is 1. The molecular formula is C17H16FN3O3S2. The second-order valence-corrected chi connectivity index (χ2v) is 9.41. The lowest BCUT2D eigenvalue weighted by Crippen LogP contribution is -2.40. The van der Waals surface area contributed by atoms with E-state index in [1.807, 2.05) is 13.0 Å². The Morgan fingerprint density at radius 2 is 2.08 bits per heavy atom. The van der Waals surface area contributed by atoms with Crippen molar-refractivity contribution in [2.45, 2.75) is 30.5 Å². The van der Waals surface area contributed by atoms with Gasteiger partial charge in [0.2, 0.25) is 0 Å². The van der Waals surface area contributed by atoms with Crippen LogP contribution in [0.25, 0.3) is 5.65 Å². The fourth-order valence-electron chi connectivity index (χ4n) is 3.07. The molecule has 3 aromatic heterocycles. The fourth-order valence-corrected chi connectivity index (χ4v) is 5.93. The van der Waals surface area contributed by atoms with Gasteiger partial charge >= 0.3 is 0 Å². The largest absolute Gasteiger partial charge is 0.269 e. The standard InChI is InChI=1S/C17H16FN3O3S2/c1-2-12-4-6-16(25-12)26(23,24)20-8-7-14-13(10-20)17(22)21-9-11(18)3-5-15(21)19-14/h3-6,9H,2,7-8,10H2,1H3. The van der Waals surface area contributed by atoms with Gasteiger partial charge < -0.3 is 0 Å². The maximum Gasteiger partial charge on any atom is 0.262 e. The first-order valence-corrected chi connectivity index (χ1v) is 10.4. The first-order valence-electron chi connectivity index (χ1n) is 8.18. The molecule has 3 aromatic rings. The van der Waals surface area contributed by atoms with Crippen LogP contribution in [0, 0.1) is 5.82 Å². The van der Waals surface area contributed by atoms with Gasteiger partial charge in [0.15, 0.2) is 0 Å². The van der Waals surface area contributed by atoms with Crippen LogP contribution in [0.15, 0.2) is 39.5 Å². The van der Waals surface area contributed by atoms with E-state index in [1.165, 1.54) is 27.8 Å². The number of pyridine rings is 1. The molecule has 0 saturated carbocycles. The van der Waals surface area contributed by atoms with E-state index in [4.69, 9.17) is 0 Å². The highest BCUT2D eigenvalue weighted by atomic mass is 32.2. The number of fused-ring (bicyclic) bond motifs is 2. The van der Waals surface area contributed by atoms with E-state index in [-0.39, 0.29) is 17.3 Å². The highest BCUT2D eigenvalue weighted by Crippen LogP contribution is 2.28. The highest BCUT2D eigenvalue weighted by molar-refractivity contribution is 7.91. The predicted octanol–water partition coefficient (Wildman–Crippen LogP) is 2.20.